The Morgan fingerprint density at radius 2 is 2.25 bits per heavy atom. The highest BCUT2D eigenvalue weighted by molar-refractivity contribution is 6.36. The van der Waals surface area contributed by atoms with Gasteiger partial charge in [-0.1, -0.05) is 23.2 Å². The Kier molecular flexibility index (Phi) is 3.90. The van der Waals surface area contributed by atoms with Gasteiger partial charge in [0.15, 0.2) is 0 Å². The molecule has 5 heteroatoms. The van der Waals surface area contributed by atoms with E-state index in [1.54, 1.807) is 12.3 Å². The lowest BCUT2D eigenvalue weighted by atomic mass is 10.0. The number of anilines is 1. The molecule has 16 heavy (non-hydrogen) atoms. The number of aromatic nitrogens is 1. The van der Waals surface area contributed by atoms with E-state index >= 15 is 0 Å². The van der Waals surface area contributed by atoms with Gasteiger partial charge < -0.3 is 10.0 Å². The molecule has 1 atom stereocenters. The van der Waals surface area contributed by atoms with Crippen LogP contribution in [0.25, 0.3) is 0 Å². The Morgan fingerprint density at radius 3 is 2.94 bits per heavy atom. The van der Waals surface area contributed by atoms with Gasteiger partial charge in [-0.25, -0.2) is 4.98 Å². The molecule has 1 N–H and O–H groups in total. The highest BCUT2D eigenvalue weighted by atomic mass is 35.5. The molecule has 1 aliphatic rings. The van der Waals surface area contributed by atoms with E-state index in [0.29, 0.717) is 10.0 Å². The number of nitrogens with zero attached hydrogens (tertiary/aromatic N) is 2. The van der Waals surface area contributed by atoms with E-state index in [1.165, 1.54) is 0 Å². The van der Waals surface area contributed by atoms with Crippen molar-refractivity contribution >= 4 is 29.0 Å². The van der Waals surface area contributed by atoms with Crippen molar-refractivity contribution in [2.75, 3.05) is 18.1 Å². The summed E-state index contributed by atoms with van der Waals surface area (Å²) in [5.74, 6) is 0.727. The Labute approximate surface area is 105 Å². The molecule has 88 valence electrons. The quantitative estimate of drug-likeness (QED) is 0.889. The van der Waals surface area contributed by atoms with Gasteiger partial charge in [0.2, 0.25) is 0 Å². The van der Waals surface area contributed by atoms with E-state index < -0.39 is 0 Å². The number of halogens is 2. The van der Waals surface area contributed by atoms with Crippen LogP contribution in [0.4, 0.5) is 5.82 Å². The Hall–Kier alpha value is -0.510. The van der Waals surface area contributed by atoms with E-state index in [9.17, 15) is 5.11 Å². The van der Waals surface area contributed by atoms with E-state index in [2.05, 4.69) is 9.88 Å². The lowest BCUT2D eigenvalue weighted by molar-refractivity contribution is 0.239. The number of piperidine rings is 1. The van der Waals surface area contributed by atoms with Crippen molar-refractivity contribution in [3.63, 3.8) is 0 Å². The molecule has 0 bridgehead atoms. The van der Waals surface area contributed by atoms with Crippen LogP contribution in [-0.2, 0) is 0 Å². The van der Waals surface area contributed by atoms with Crippen LogP contribution in [0, 0.1) is 0 Å². The third-order valence-electron chi connectivity index (χ3n) is 2.90. The second-order valence-corrected chi connectivity index (χ2v) is 4.83. The summed E-state index contributed by atoms with van der Waals surface area (Å²) in [5, 5.41) is 10.4. The first-order valence-electron chi connectivity index (χ1n) is 5.41. The largest absolute Gasteiger partial charge is 0.394 e. The van der Waals surface area contributed by atoms with Crippen molar-refractivity contribution in [2.24, 2.45) is 0 Å². The third-order valence-corrected chi connectivity index (χ3v) is 3.38. The fourth-order valence-corrected chi connectivity index (χ4v) is 2.58. The molecule has 0 radical (unpaired) electrons. The van der Waals surface area contributed by atoms with Gasteiger partial charge in [0, 0.05) is 12.7 Å². The SMILES string of the molecule is OCC1CCCCN1c1ncc(Cl)cc1Cl. The van der Waals surface area contributed by atoms with Crippen LogP contribution in [0.15, 0.2) is 12.3 Å². The van der Waals surface area contributed by atoms with Crippen LogP contribution in [0.1, 0.15) is 19.3 Å². The molecule has 2 heterocycles. The smallest absolute Gasteiger partial charge is 0.147 e. The van der Waals surface area contributed by atoms with Crippen LogP contribution in [0.3, 0.4) is 0 Å². The van der Waals surface area contributed by atoms with E-state index in [1.807, 2.05) is 0 Å². The maximum atomic E-state index is 9.33. The summed E-state index contributed by atoms with van der Waals surface area (Å²) < 4.78 is 0. The lowest BCUT2D eigenvalue weighted by Crippen LogP contribution is -2.42. The summed E-state index contributed by atoms with van der Waals surface area (Å²) in [5.41, 5.74) is 0. The fraction of sp³-hybridized carbons (Fsp3) is 0.545. The van der Waals surface area contributed by atoms with Gasteiger partial charge in [0.25, 0.3) is 0 Å². The van der Waals surface area contributed by atoms with E-state index in [4.69, 9.17) is 23.2 Å². The van der Waals surface area contributed by atoms with Gasteiger partial charge >= 0.3 is 0 Å². The highest BCUT2D eigenvalue weighted by Gasteiger charge is 2.24. The first-order chi connectivity index (χ1) is 7.72. The topological polar surface area (TPSA) is 36.4 Å². The Balaban J connectivity index is 2.27. The maximum absolute atomic E-state index is 9.33. The maximum Gasteiger partial charge on any atom is 0.147 e. The molecule has 1 aliphatic heterocycles. The normalized spacial score (nSPS) is 21.2. The summed E-state index contributed by atoms with van der Waals surface area (Å²) in [7, 11) is 0. The molecule has 1 unspecified atom stereocenters. The molecule has 3 nitrogen and oxygen atoms in total. The number of rotatable bonds is 2. The lowest BCUT2D eigenvalue weighted by Gasteiger charge is -2.35. The molecular formula is C11H14Cl2N2O. The van der Waals surface area contributed by atoms with Crippen LogP contribution in [0.2, 0.25) is 10.0 Å². The predicted octanol–water partition coefficient (Wildman–Crippen LogP) is 2.74. The summed E-state index contributed by atoms with van der Waals surface area (Å²) >= 11 is 11.9. The average molecular weight is 261 g/mol. The number of aliphatic hydroxyl groups excluding tert-OH is 1. The minimum atomic E-state index is 0.125. The third kappa shape index (κ3) is 2.42. The van der Waals surface area contributed by atoms with Crippen molar-refractivity contribution in [1.82, 2.24) is 4.98 Å². The molecule has 0 aromatic carbocycles. The van der Waals surface area contributed by atoms with Crippen molar-refractivity contribution in [3.05, 3.63) is 22.3 Å². The van der Waals surface area contributed by atoms with Gasteiger partial charge in [-0.2, -0.15) is 0 Å². The number of pyridine rings is 1. The monoisotopic (exact) mass is 260 g/mol. The van der Waals surface area contributed by atoms with Gasteiger partial charge in [-0.05, 0) is 25.3 Å². The number of hydrogen-bond donors (Lipinski definition) is 1. The van der Waals surface area contributed by atoms with Crippen LogP contribution in [-0.4, -0.2) is 29.3 Å². The first kappa shape index (κ1) is 12.0. The summed E-state index contributed by atoms with van der Waals surface area (Å²) in [6, 6.07) is 1.81. The summed E-state index contributed by atoms with van der Waals surface area (Å²) in [4.78, 5) is 6.32. The Morgan fingerprint density at radius 1 is 1.44 bits per heavy atom. The van der Waals surface area contributed by atoms with Gasteiger partial charge in [0.05, 0.1) is 22.7 Å². The van der Waals surface area contributed by atoms with Crippen LogP contribution >= 0.6 is 23.2 Å². The van der Waals surface area contributed by atoms with Crippen molar-refractivity contribution in [3.8, 4) is 0 Å². The summed E-state index contributed by atoms with van der Waals surface area (Å²) in [6.07, 6.45) is 4.83. The van der Waals surface area contributed by atoms with E-state index in [-0.39, 0.29) is 12.6 Å². The highest BCUT2D eigenvalue weighted by Crippen LogP contribution is 2.30. The molecule has 1 aromatic heterocycles. The number of hydrogen-bond acceptors (Lipinski definition) is 3. The van der Waals surface area contributed by atoms with Gasteiger partial charge in [-0.15, -0.1) is 0 Å². The van der Waals surface area contributed by atoms with Crippen LogP contribution in [0.5, 0.6) is 0 Å². The second kappa shape index (κ2) is 5.21. The standard InChI is InChI=1S/C11H14Cl2N2O/c12-8-5-10(13)11(14-6-8)15-4-2-1-3-9(15)7-16/h5-6,9,16H,1-4,7H2. The minimum absolute atomic E-state index is 0.125. The fourth-order valence-electron chi connectivity index (χ4n) is 2.09. The van der Waals surface area contributed by atoms with Crippen molar-refractivity contribution in [1.29, 1.82) is 0 Å². The average Bonchev–Trinajstić information content (AvgIpc) is 2.29. The van der Waals surface area contributed by atoms with Gasteiger partial charge in [-0.3, -0.25) is 0 Å². The zero-order valence-electron chi connectivity index (χ0n) is 8.87. The first-order valence-corrected chi connectivity index (χ1v) is 6.16. The van der Waals surface area contributed by atoms with Crippen LogP contribution < -0.4 is 4.90 Å². The van der Waals surface area contributed by atoms with E-state index in [0.717, 1.165) is 31.6 Å². The molecule has 0 saturated carbocycles. The second-order valence-electron chi connectivity index (χ2n) is 3.98. The Bertz CT molecular complexity index is 373. The molecule has 1 fully saturated rings. The summed E-state index contributed by atoms with van der Waals surface area (Å²) in [6.45, 7) is 1.03. The van der Waals surface area contributed by atoms with Crippen molar-refractivity contribution in [2.45, 2.75) is 25.3 Å². The number of aliphatic hydroxyl groups is 1. The van der Waals surface area contributed by atoms with Crippen molar-refractivity contribution < 1.29 is 5.11 Å². The molecule has 2 rings (SSSR count). The molecular weight excluding hydrogens is 247 g/mol. The molecule has 0 amide bonds. The zero-order chi connectivity index (χ0) is 11.5. The molecule has 1 saturated heterocycles. The molecule has 1 aromatic rings. The van der Waals surface area contributed by atoms with Gasteiger partial charge in [0.1, 0.15) is 5.82 Å². The predicted molar refractivity (Wildman–Crippen MR) is 66.3 cm³/mol. The molecule has 0 spiro atoms. The minimum Gasteiger partial charge on any atom is -0.394 e. The molecule has 0 aliphatic carbocycles. The zero-order valence-corrected chi connectivity index (χ0v) is 10.4.